The molecule has 0 aliphatic carbocycles. The van der Waals surface area contributed by atoms with E-state index >= 15 is 0 Å². The lowest BCUT2D eigenvalue weighted by Crippen LogP contribution is -2.37. The monoisotopic (exact) mass is 373 g/mol. The molecule has 0 aromatic heterocycles. The van der Waals surface area contributed by atoms with E-state index in [2.05, 4.69) is 0 Å². The van der Waals surface area contributed by atoms with Crippen LogP contribution in [0, 0.1) is 6.92 Å². The van der Waals surface area contributed by atoms with Crippen molar-refractivity contribution in [3.63, 3.8) is 0 Å². The van der Waals surface area contributed by atoms with Gasteiger partial charge in [-0.2, -0.15) is 4.31 Å². The van der Waals surface area contributed by atoms with Gasteiger partial charge in [-0.1, -0.05) is 17.7 Å². The van der Waals surface area contributed by atoms with Crippen molar-refractivity contribution >= 4 is 10.0 Å². The first kappa shape index (κ1) is 20.3. The standard InChI is InChI=1S/C17H27NO6S/c1-16-2-4-17(5-3-16)25(19,20)18-6-8-21-10-12-23-14-15-24-13-11-22-9-7-18/h2-5H,6-15H2,1H3. The van der Waals surface area contributed by atoms with Gasteiger partial charge in [-0.15, -0.1) is 0 Å². The average Bonchev–Trinajstić information content (AvgIpc) is 2.60. The number of nitrogens with zero attached hydrogens (tertiary/aromatic N) is 1. The molecular formula is C17H27NO6S. The molecule has 8 heteroatoms. The topological polar surface area (TPSA) is 74.3 Å². The molecule has 142 valence electrons. The first-order valence-corrected chi connectivity index (χ1v) is 9.92. The molecule has 0 unspecified atom stereocenters. The SMILES string of the molecule is Cc1ccc(S(=O)(=O)N2CCOCCOCCOCCOCC2)cc1. The van der Waals surface area contributed by atoms with Gasteiger partial charge >= 0.3 is 0 Å². The maximum Gasteiger partial charge on any atom is 0.243 e. The summed E-state index contributed by atoms with van der Waals surface area (Å²) in [6, 6.07) is 6.84. The third kappa shape index (κ3) is 7.01. The third-order valence-electron chi connectivity index (χ3n) is 3.74. The van der Waals surface area contributed by atoms with E-state index in [4.69, 9.17) is 18.9 Å². The molecule has 7 nitrogen and oxygen atoms in total. The summed E-state index contributed by atoms with van der Waals surface area (Å²) < 4.78 is 48.8. The fraction of sp³-hybridized carbons (Fsp3) is 0.647. The Bertz CT molecular complexity index is 574. The summed E-state index contributed by atoms with van der Waals surface area (Å²) in [6.45, 7) is 5.89. The fourth-order valence-electron chi connectivity index (χ4n) is 2.31. The normalized spacial score (nSPS) is 20.5. The highest BCUT2D eigenvalue weighted by atomic mass is 32.2. The highest BCUT2D eigenvalue weighted by Gasteiger charge is 2.24. The van der Waals surface area contributed by atoms with Crippen molar-refractivity contribution in [3.05, 3.63) is 29.8 Å². The average molecular weight is 373 g/mol. The number of benzene rings is 1. The van der Waals surface area contributed by atoms with E-state index in [0.717, 1.165) is 5.56 Å². The number of sulfonamides is 1. The van der Waals surface area contributed by atoms with Crippen LogP contribution < -0.4 is 0 Å². The van der Waals surface area contributed by atoms with Gasteiger partial charge in [-0.05, 0) is 19.1 Å². The van der Waals surface area contributed by atoms with Crippen molar-refractivity contribution in [2.75, 3.05) is 65.9 Å². The van der Waals surface area contributed by atoms with Gasteiger partial charge in [0.25, 0.3) is 0 Å². The summed E-state index contributed by atoms with van der Waals surface area (Å²) in [7, 11) is -3.58. The summed E-state index contributed by atoms with van der Waals surface area (Å²) >= 11 is 0. The predicted octanol–water partition coefficient (Wildman–Crippen LogP) is 1.07. The summed E-state index contributed by atoms with van der Waals surface area (Å²) in [4.78, 5) is 0.280. The molecule has 0 bridgehead atoms. The molecule has 2 rings (SSSR count). The minimum Gasteiger partial charge on any atom is -0.378 e. The van der Waals surface area contributed by atoms with Crippen molar-refractivity contribution in [2.45, 2.75) is 11.8 Å². The molecule has 0 N–H and O–H groups in total. The molecule has 0 saturated carbocycles. The van der Waals surface area contributed by atoms with Gasteiger partial charge in [0.15, 0.2) is 0 Å². The molecule has 0 radical (unpaired) electrons. The van der Waals surface area contributed by atoms with Crippen molar-refractivity contribution in [2.24, 2.45) is 0 Å². The smallest absolute Gasteiger partial charge is 0.243 e. The van der Waals surface area contributed by atoms with E-state index in [9.17, 15) is 8.42 Å². The van der Waals surface area contributed by atoms with Crippen LogP contribution in [0.15, 0.2) is 29.2 Å². The highest BCUT2D eigenvalue weighted by Crippen LogP contribution is 2.16. The van der Waals surface area contributed by atoms with Crippen LogP contribution in [0.25, 0.3) is 0 Å². The fourth-order valence-corrected chi connectivity index (χ4v) is 3.71. The van der Waals surface area contributed by atoms with Gasteiger partial charge in [-0.25, -0.2) is 8.42 Å². The molecule has 1 aliphatic rings. The van der Waals surface area contributed by atoms with Gasteiger partial charge < -0.3 is 18.9 Å². The van der Waals surface area contributed by atoms with Crippen LogP contribution in [0.2, 0.25) is 0 Å². The molecule has 1 heterocycles. The zero-order chi connectivity index (χ0) is 18.0. The highest BCUT2D eigenvalue weighted by molar-refractivity contribution is 7.89. The quantitative estimate of drug-likeness (QED) is 0.772. The molecule has 1 saturated heterocycles. The minimum atomic E-state index is -3.58. The summed E-state index contributed by atoms with van der Waals surface area (Å²) in [6.07, 6.45) is 0. The molecule has 1 aromatic rings. The Labute approximate surface area is 149 Å². The van der Waals surface area contributed by atoms with Crippen LogP contribution in [0.1, 0.15) is 5.56 Å². The van der Waals surface area contributed by atoms with E-state index in [1.165, 1.54) is 4.31 Å². The Hall–Kier alpha value is -1.03. The Morgan fingerprint density at radius 3 is 1.56 bits per heavy atom. The van der Waals surface area contributed by atoms with Gasteiger partial charge in [0, 0.05) is 13.1 Å². The van der Waals surface area contributed by atoms with E-state index in [-0.39, 0.29) is 18.0 Å². The Balaban J connectivity index is 2.01. The molecule has 0 amide bonds. The van der Waals surface area contributed by atoms with E-state index < -0.39 is 10.0 Å². The first-order chi connectivity index (χ1) is 12.1. The van der Waals surface area contributed by atoms with Gasteiger partial charge in [0.2, 0.25) is 10.0 Å². The zero-order valence-corrected chi connectivity index (χ0v) is 15.5. The number of ether oxygens (including phenoxy) is 4. The lowest BCUT2D eigenvalue weighted by Gasteiger charge is -2.22. The minimum absolute atomic E-state index is 0.274. The summed E-state index contributed by atoms with van der Waals surface area (Å²) in [5.74, 6) is 0. The van der Waals surface area contributed by atoms with Crippen molar-refractivity contribution in [1.29, 1.82) is 0 Å². The van der Waals surface area contributed by atoms with Gasteiger partial charge in [0.1, 0.15) is 0 Å². The van der Waals surface area contributed by atoms with E-state index in [1.54, 1.807) is 24.3 Å². The lowest BCUT2D eigenvalue weighted by atomic mass is 10.2. The van der Waals surface area contributed by atoms with Crippen LogP contribution in [0.3, 0.4) is 0 Å². The van der Waals surface area contributed by atoms with Crippen molar-refractivity contribution in [1.82, 2.24) is 4.31 Å². The predicted molar refractivity (Wildman–Crippen MR) is 93.2 cm³/mol. The molecule has 25 heavy (non-hydrogen) atoms. The maximum absolute atomic E-state index is 12.9. The molecule has 1 aliphatic heterocycles. The van der Waals surface area contributed by atoms with Crippen LogP contribution in [0.5, 0.6) is 0 Å². The van der Waals surface area contributed by atoms with Crippen LogP contribution in [-0.2, 0) is 29.0 Å². The number of hydrogen-bond donors (Lipinski definition) is 0. The number of hydrogen-bond acceptors (Lipinski definition) is 6. The zero-order valence-electron chi connectivity index (χ0n) is 14.7. The van der Waals surface area contributed by atoms with Crippen LogP contribution in [-0.4, -0.2) is 78.7 Å². The molecule has 0 atom stereocenters. The van der Waals surface area contributed by atoms with Gasteiger partial charge in [-0.3, -0.25) is 0 Å². The van der Waals surface area contributed by atoms with Crippen LogP contribution in [0.4, 0.5) is 0 Å². The van der Waals surface area contributed by atoms with E-state index in [1.807, 2.05) is 6.92 Å². The summed E-state index contributed by atoms with van der Waals surface area (Å²) in [5, 5.41) is 0. The first-order valence-electron chi connectivity index (χ1n) is 8.48. The van der Waals surface area contributed by atoms with Crippen molar-refractivity contribution < 1.29 is 27.4 Å². The largest absolute Gasteiger partial charge is 0.378 e. The Morgan fingerprint density at radius 2 is 1.12 bits per heavy atom. The molecule has 1 aromatic carbocycles. The maximum atomic E-state index is 12.9. The van der Waals surface area contributed by atoms with Crippen molar-refractivity contribution in [3.8, 4) is 0 Å². The van der Waals surface area contributed by atoms with Gasteiger partial charge in [0.05, 0.1) is 57.8 Å². The molecular weight excluding hydrogens is 346 g/mol. The second kappa shape index (κ2) is 10.8. The second-order valence-electron chi connectivity index (χ2n) is 5.67. The molecule has 1 fully saturated rings. The number of rotatable bonds is 2. The Morgan fingerprint density at radius 1 is 0.720 bits per heavy atom. The molecule has 0 spiro atoms. The Kier molecular flexibility index (Phi) is 8.80. The summed E-state index contributed by atoms with van der Waals surface area (Å²) in [5.41, 5.74) is 1.02. The van der Waals surface area contributed by atoms with E-state index in [0.29, 0.717) is 52.9 Å². The second-order valence-corrected chi connectivity index (χ2v) is 7.60. The third-order valence-corrected chi connectivity index (χ3v) is 5.66. The van der Waals surface area contributed by atoms with Crippen LogP contribution >= 0.6 is 0 Å². The number of aryl methyl sites for hydroxylation is 1. The lowest BCUT2D eigenvalue weighted by molar-refractivity contribution is 0.00206.